The molecule has 0 heterocycles. The zero-order valence-electron chi connectivity index (χ0n) is 51.9. The Morgan fingerprint density at radius 2 is 0.792 bits per heavy atom. The molecule has 0 saturated carbocycles. The van der Waals surface area contributed by atoms with Gasteiger partial charge in [-0.15, -0.1) is 0 Å². The summed E-state index contributed by atoms with van der Waals surface area (Å²) >= 11 is 0. The number of amides is 1. The Balaban J connectivity index is 5.06. The van der Waals surface area contributed by atoms with Gasteiger partial charge in [0, 0.05) is 12.8 Å². The van der Waals surface area contributed by atoms with Crippen LogP contribution in [0.1, 0.15) is 329 Å². The number of phosphoric acid groups is 1. The number of rotatable bonds is 61. The van der Waals surface area contributed by atoms with Gasteiger partial charge in [-0.3, -0.25) is 14.2 Å². The van der Waals surface area contributed by atoms with Gasteiger partial charge in [0.1, 0.15) is 19.3 Å². The predicted molar refractivity (Wildman–Crippen MR) is 330 cm³/mol. The van der Waals surface area contributed by atoms with Crippen molar-refractivity contribution in [2.24, 2.45) is 0 Å². The van der Waals surface area contributed by atoms with Crippen molar-refractivity contribution < 1.29 is 37.3 Å². The Hall–Kier alpha value is -1.77. The van der Waals surface area contributed by atoms with E-state index in [9.17, 15) is 19.0 Å². The zero-order chi connectivity index (χ0) is 56.4. The zero-order valence-corrected chi connectivity index (χ0v) is 52.8. The lowest BCUT2D eigenvalue weighted by Gasteiger charge is -2.30. The first-order valence-corrected chi connectivity index (χ1v) is 34.8. The number of quaternary nitrogens is 1. The minimum atomic E-state index is -4.69. The molecule has 0 aromatic heterocycles. The number of carbonyl (C=O) groups is 2. The molecule has 0 aliphatic heterocycles. The lowest BCUT2D eigenvalue weighted by Crippen LogP contribution is -2.47. The van der Waals surface area contributed by atoms with Gasteiger partial charge < -0.3 is 28.5 Å². The second-order valence-corrected chi connectivity index (χ2v) is 25.4. The van der Waals surface area contributed by atoms with Gasteiger partial charge in [0.15, 0.2) is 0 Å². The maximum atomic E-state index is 13.5. The van der Waals surface area contributed by atoms with Crippen molar-refractivity contribution in [3.8, 4) is 0 Å². The van der Waals surface area contributed by atoms with Crippen molar-refractivity contribution >= 4 is 19.7 Å². The molecule has 0 fully saturated rings. The molecule has 0 saturated heterocycles. The SMILES string of the molecule is CCCCC/C=C\C/C=C\CCCCCCCCCCCCCCCCCC(=O)OC(/C=C\CCCCCCCCCCCCC)C(COP(=O)([O-])OCC[N+](C)(C)C)NC(=O)CCCCCCCCCCCCCCC. The molecular weight excluding hydrogens is 976 g/mol. The van der Waals surface area contributed by atoms with Crippen molar-refractivity contribution in [1.29, 1.82) is 0 Å². The highest BCUT2D eigenvalue weighted by Crippen LogP contribution is 2.38. The summed E-state index contributed by atoms with van der Waals surface area (Å²) in [4.78, 5) is 40.0. The van der Waals surface area contributed by atoms with Gasteiger partial charge in [-0.1, -0.05) is 289 Å². The predicted octanol–water partition coefficient (Wildman–Crippen LogP) is 20.0. The largest absolute Gasteiger partial charge is 0.756 e. The number of esters is 1. The molecule has 3 unspecified atom stereocenters. The number of ether oxygens (including phenoxy) is 1. The summed E-state index contributed by atoms with van der Waals surface area (Å²) in [6, 6.07) is -0.883. The molecule has 0 aromatic rings. The summed E-state index contributed by atoms with van der Waals surface area (Å²) in [5.41, 5.74) is 0. The van der Waals surface area contributed by atoms with E-state index in [2.05, 4.69) is 50.4 Å². The van der Waals surface area contributed by atoms with Crippen molar-refractivity contribution in [3.63, 3.8) is 0 Å². The Bertz CT molecular complexity index is 1410. The molecule has 10 heteroatoms. The van der Waals surface area contributed by atoms with Gasteiger partial charge in [0.2, 0.25) is 5.91 Å². The fourth-order valence-electron chi connectivity index (χ4n) is 9.91. The number of nitrogens with one attached hydrogen (secondary N) is 1. The molecule has 0 radical (unpaired) electrons. The highest BCUT2D eigenvalue weighted by molar-refractivity contribution is 7.45. The van der Waals surface area contributed by atoms with E-state index in [1.54, 1.807) is 0 Å². The topological polar surface area (TPSA) is 114 Å². The van der Waals surface area contributed by atoms with E-state index >= 15 is 0 Å². The third kappa shape index (κ3) is 58.7. The molecule has 77 heavy (non-hydrogen) atoms. The molecule has 0 bridgehead atoms. The van der Waals surface area contributed by atoms with Gasteiger partial charge >= 0.3 is 5.97 Å². The summed E-state index contributed by atoms with van der Waals surface area (Å²) < 4.78 is 30.4. The van der Waals surface area contributed by atoms with E-state index in [0.29, 0.717) is 17.4 Å². The Labute approximate surface area is 478 Å². The fourth-order valence-corrected chi connectivity index (χ4v) is 10.6. The average molecular weight is 1110 g/mol. The molecule has 1 N–H and O–H groups in total. The van der Waals surface area contributed by atoms with Crippen LogP contribution >= 0.6 is 7.82 Å². The van der Waals surface area contributed by atoms with E-state index in [1.165, 1.54) is 231 Å². The summed E-state index contributed by atoms with van der Waals surface area (Å²) in [6.07, 6.45) is 69.7. The number of nitrogens with zero attached hydrogens (tertiary/aromatic N) is 1. The highest BCUT2D eigenvalue weighted by atomic mass is 31.2. The number of allylic oxidation sites excluding steroid dienone is 5. The normalized spacial score (nSPS) is 13.8. The first kappa shape index (κ1) is 75.2. The van der Waals surface area contributed by atoms with Crippen molar-refractivity contribution in [2.45, 2.75) is 341 Å². The van der Waals surface area contributed by atoms with Gasteiger partial charge in [-0.05, 0) is 63.9 Å². The molecular formula is C67H129N2O7P. The molecule has 0 rings (SSSR count). The van der Waals surface area contributed by atoms with Crippen LogP contribution in [0.5, 0.6) is 0 Å². The first-order chi connectivity index (χ1) is 37.4. The van der Waals surface area contributed by atoms with Crippen LogP contribution in [0.15, 0.2) is 36.5 Å². The standard InChI is InChI=1S/C67H129N2O7P/c1-7-10-13-16-19-22-25-28-29-30-31-32-33-34-35-36-37-38-39-42-45-48-51-54-57-60-67(71)76-65(58-55-52-49-46-43-40-26-23-20-17-14-11-8-2)64(63-75-77(72,73)74-62-61-69(4,5)6)68-66(70)59-56-53-50-47-44-41-27-24-21-18-15-12-9-3/h19,22,28-29,55,58,64-65H,7-18,20-21,23-27,30-54,56-57,59-63H2,1-6H3,(H-,68,70,72,73)/b22-19-,29-28-,58-55-. The van der Waals surface area contributed by atoms with E-state index in [4.69, 9.17) is 13.8 Å². The lowest BCUT2D eigenvalue weighted by molar-refractivity contribution is -0.870. The van der Waals surface area contributed by atoms with Crippen molar-refractivity contribution in [3.05, 3.63) is 36.5 Å². The number of phosphoric ester groups is 1. The summed E-state index contributed by atoms with van der Waals surface area (Å²) in [5, 5.41) is 3.04. The van der Waals surface area contributed by atoms with Gasteiger partial charge in [-0.2, -0.15) is 0 Å². The molecule has 9 nitrogen and oxygen atoms in total. The molecule has 0 aromatic carbocycles. The Morgan fingerprint density at radius 3 is 1.19 bits per heavy atom. The smallest absolute Gasteiger partial charge is 0.306 e. The maximum Gasteiger partial charge on any atom is 0.306 e. The quantitative estimate of drug-likeness (QED) is 0.0212. The molecule has 1 amide bonds. The van der Waals surface area contributed by atoms with E-state index in [-0.39, 0.29) is 31.5 Å². The minimum absolute atomic E-state index is 0.0190. The summed E-state index contributed by atoms with van der Waals surface area (Å²) in [7, 11) is 1.20. The van der Waals surface area contributed by atoms with Gasteiger partial charge in [0.05, 0.1) is 33.8 Å². The van der Waals surface area contributed by atoms with E-state index in [1.807, 2.05) is 33.3 Å². The van der Waals surface area contributed by atoms with Gasteiger partial charge in [-0.25, -0.2) is 0 Å². The minimum Gasteiger partial charge on any atom is -0.756 e. The molecule has 0 aliphatic carbocycles. The number of hydrogen-bond acceptors (Lipinski definition) is 7. The van der Waals surface area contributed by atoms with Crippen molar-refractivity contribution in [1.82, 2.24) is 5.32 Å². The number of unbranched alkanes of at least 4 members (excludes halogenated alkanes) is 41. The molecule has 0 spiro atoms. The van der Waals surface area contributed by atoms with Crippen LogP contribution in [0.4, 0.5) is 0 Å². The van der Waals surface area contributed by atoms with Crippen LogP contribution in [0, 0.1) is 0 Å². The Morgan fingerprint density at radius 1 is 0.455 bits per heavy atom. The van der Waals surface area contributed by atoms with Crippen LogP contribution in [0.2, 0.25) is 0 Å². The maximum absolute atomic E-state index is 13.5. The molecule has 454 valence electrons. The highest BCUT2D eigenvalue weighted by Gasteiger charge is 2.27. The lowest BCUT2D eigenvalue weighted by atomic mass is 10.0. The van der Waals surface area contributed by atoms with E-state index < -0.39 is 20.0 Å². The third-order valence-electron chi connectivity index (χ3n) is 15.1. The average Bonchev–Trinajstić information content (AvgIpc) is 3.39. The summed E-state index contributed by atoms with van der Waals surface area (Å²) in [6.45, 7) is 6.86. The number of likely N-dealkylation sites (N-methyl/N-ethyl adjacent to an activating group) is 1. The number of carbonyl (C=O) groups excluding carboxylic acids is 2. The first-order valence-electron chi connectivity index (χ1n) is 33.3. The monoisotopic (exact) mass is 1100 g/mol. The third-order valence-corrected chi connectivity index (χ3v) is 16.0. The van der Waals surface area contributed by atoms with Crippen molar-refractivity contribution in [2.75, 3.05) is 40.9 Å². The Kier molecular flexibility index (Phi) is 56.1. The summed E-state index contributed by atoms with van der Waals surface area (Å²) in [5.74, 6) is -0.524. The van der Waals surface area contributed by atoms with Gasteiger partial charge in [0.25, 0.3) is 7.82 Å². The van der Waals surface area contributed by atoms with Crippen LogP contribution in [-0.4, -0.2) is 69.4 Å². The van der Waals surface area contributed by atoms with Crippen LogP contribution in [0.3, 0.4) is 0 Å². The molecule has 0 aliphatic rings. The second-order valence-electron chi connectivity index (χ2n) is 24.0. The van der Waals surface area contributed by atoms with Crippen LogP contribution < -0.4 is 10.2 Å². The number of hydrogen-bond donors (Lipinski definition) is 1. The fraction of sp³-hybridized carbons (Fsp3) is 0.881. The van der Waals surface area contributed by atoms with Crippen LogP contribution in [0.25, 0.3) is 0 Å². The molecule has 3 atom stereocenters. The second kappa shape index (κ2) is 57.5. The van der Waals surface area contributed by atoms with Crippen LogP contribution in [-0.2, 0) is 27.9 Å². The van der Waals surface area contributed by atoms with E-state index in [0.717, 1.165) is 64.2 Å².